The van der Waals surface area contributed by atoms with Crippen LogP contribution in [-0.4, -0.2) is 0 Å². The number of hydrogen-bond donors (Lipinski definition) is 0. The third kappa shape index (κ3) is 1.93. The minimum atomic E-state index is 0.868. The standard InChI is InChI=1S/C13H18/c1-11-7-6-10-13(11)12-8-4-2-3-5-9-12/h2-5,8,11,13H,6-7,9-10H2,1H3. The third-order valence-electron chi connectivity index (χ3n) is 3.36. The van der Waals surface area contributed by atoms with Crippen LogP contribution in [0.25, 0.3) is 0 Å². The Balaban J connectivity index is 2.11. The van der Waals surface area contributed by atoms with Crippen molar-refractivity contribution in [2.75, 3.05) is 0 Å². The fourth-order valence-corrected chi connectivity index (χ4v) is 2.57. The molecule has 0 amide bonds. The van der Waals surface area contributed by atoms with E-state index in [4.69, 9.17) is 0 Å². The van der Waals surface area contributed by atoms with Crippen LogP contribution in [0.3, 0.4) is 0 Å². The molecule has 1 saturated carbocycles. The molecule has 2 aliphatic rings. The second-order valence-electron chi connectivity index (χ2n) is 4.27. The van der Waals surface area contributed by atoms with Crippen molar-refractivity contribution in [1.29, 1.82) is 0 Å². The lowest BCUT2D eigenvalue weighted by Crippen LogP contribution is -2.06. The minimum Gasteiger partial charge on any atom is -0.0804 e. The minimum absolute atomic E-state index is 0.868. The Bertz CT molecular complexity index is 255. The van der Waals surface area contributed by atoms with Gasteiger partial charge < -0.3 is 0 Å². The van der Waals surface area contributed by atoms with Crippen molar-refractivity contribution in [2.45, 2.75) is 32.6 Å². The summed E-state index contributed by atoms with van der Waals surface area (Å²) >= 11 is 0. The summed E-state index contributed by atoms with van der Waals surface area (Å²) in [6.07, 6.45) is 16.5. The maximum absolute atomic E-state index is 2.40. The van der Waals surface area contributed by atoms with Crippen molar-refractivity contribution in [3.63, 3.8) is 0 Å². The van der Waals surface area contributed by atoms with Gasteiger partial charge in [-0.3, -0.25) is 0 Å². The van der Waals surface area contributed by atoms with Gasteiger partial charge in [-0.05, 0) is 24.7 Å². The van der Waals surface area contributed by atoms with Crippen LogP contribution in [-0.2, 0) is 0 Å². The van der Waals surface area contributed by atoms with E-state index < -0.39 is 0 Å². The van der Waals surface area contributed by atoms with Crippen LogP contribution in [0.5, 0.6) is 0 Å². The second-order valence-corrected chi connectivity index (χ2v) is 4.27. The fraction of sp³-hybridized carbons (Fsp3) is 0.538. The number of rotatable bonds is 1. The van der Waals surface area contributed by atoms with Crippen LogP contribution in [0, 0.1) is 11.8 Å². The Labute approximate surface area is 81.0 Å². The molecular weight excluding hydrogens is 156 g/mol. The van der Waals surface area contributed by atoms with Crippen molar-refractivity contribution in [3.8, 4) is 0 Å². The van der Waals surface area contributed by atoms with Crippen molar-refractivity contribution >= 4 is 0 Å². The van der Waals surface area contributed by atoms with E-state index in [-0.39, 0.29) is 0 Å². The van der Waals surface area contributed by atoms with Gasteiger partial charge in [-0.1, -0.05) is 55.7 Å². The summed E-state index contributed by atoms with van der Waals surface area (Å²) in [5.41, 5.74) is 1.65. The van der Waals surface area contributed by atoms with Crippen LogP contribution in [0.4, 0.5) is 0 Å². The van der Waals surface area contributed by atoms with Crippen LogP contribution >= 0.6 is 0 Å². The highest BCUT2D eigenvalue weighted by Crippen LogP contribution is 2.38. The van der Waals surface area contributed by atoms with E-state index in [1.54, 1.807) is 5.57 Å². The van der Waals surface area contributed by atoms with Crippen LogP contribution < -0.4 is 0 Å². The zero-order chi connectivity index (χ0) is 9.10. The molecule has 0 aromatic heterocycles. The molecule has 0 N–H and O–H groups in total. The first-order chi connectivity index (χ1) is 6.38. The van der Waals surface area contributed by atoms with Crippen molar-refractivity contribution < 1.29 is 0 Å². The maximum atomic E-state index is 2.40. The van der Waals surface area contributed by atoms with E-state index in [1.165, 1.54) is 25.7 Å². The first-order valence-corrected chi connectivity index (χ1v) is 5.40. The lowest BCUT2D eigenvalue weighted by Gasteiger charge is -2.17. The highest BCUT2D eigenvalue weighted by atomic mass is 14.3. The molecule has 0 bridgehead atoms. The van der Waals surface area contributed by atoms with Crippen molar-refractivity contribution in [2.24, 2.45) is 11.8 Å². The third-order valence-corrected chi connectivity index (χ3v) is 3.36. The Morgan fingerprint density at radius 3 is 2.85 bits per heavy atom. The Hall–Kier alpha value is -0.780. The Morgan fingerprint density at radius 2 is 2.08 bits per heavy atom. The Kier molecular flexibility index (Phi) is 2.68. The lowest BCUT2D eigenvalue weighted by molar-refractivity contribution is 0.474. The molecule has 0 nitrogen and oxygen atoms in total. The zero-order valence-corrected chi connectivity index (χ0v) is 8.37. The van der Waals surface area contributed by atoms with Gasteiger partial charge in [0.15, 0.2) is 0 Å². The molecule has 0 heteroatoms. The van der Waals surface area contributed by atoms with Gasteiger partial charge >= 0.3 is 0 Å². The quantitative estimate of drug-likeness (QED) is 0.566. The van der Waals surface area contributed by atoms with Crippen molar-refractivity contribution in [1.82, 2.24) is 0 Å². The summed E-state index contributed by atoms with van der Waals surface area (Å²) in [4.78, 5) is 0. The molecule has 0 aromatic carbocycles. The molecule has 2 unspecified atom stereocenters. The van der Waals surface area contributed by atoms with Gasteiger partial charge in [-0.25, -0.2) is 0 Å². The molecule has 0 aromatic rings. The fourth-order valence-electron chi connectivity index (χ4n) is 2.57. The molecule has 2 rings (SSSR count). The molecule has 13 heavy (non-hydrogen) atoms. The van der Waals surface area contributed by atoms with Crippen LogP contribution in [0.2, 0.25) is 0 Å². The van der Waals surface area contributed by atoms with Crippen LogP contribution in [0.15, 0.2) is 36.0 Å². The molecule has 0 spiro atoms. The summed E-state index contributed by atoms with van der Waals surface area (Å²) in [5.74, 6) is 1.78. The lowest BCUT2D eigenvalue weighted by atomic mass is 9.88. The largest absolute Gasteiger partial charge is 0.0804 e. The van der Waals surface area contributed by atoms with E-state index in [0.29, 0.717) is 0 Å². The number of allylic oxidation sites excluding steroid dienone is 6. The van der Waals surface area contributed by atoms with Gasteiger partial charge in [0.05, 0.1) is 0 Å². The SMILES string of the molecule is CC1CCCC1C1=CC=CC=CC1. The van der Waals surface area contributed by atoms with E-state index in [2.05, 4.69) is 37.3 Å². The highest BCUT2D eigenvalue weighted by molar-refractivity contribution is 5.25. The zero-order valence-electron chi connectivity index (χ0n) is 8.37. The van der Waals surface area contributed by atoms with Gasteiger partial charge in [-0.15, -0.1) is 0 Å². The molecule has 2 atom stereocenters. The molecule has 0 radical (unpaired) electrons. The average molecular weight is 174 g/mol. The molecule has 2 aliphatic carbocycles. The van der Waals surface area contributed by atoms with E-state index in [0.717, 1.165) is 11.8 Å². The second kappa shape index (κ2) is 3.95. The number of hydrogen-bond acceptors (Lipinski definition) is 0. The van der Waals surface area contributed by atoms with Gasteiger partial charge in [0.2, 0.25) is 0 Å². The molecule has 0 heterocycles. The van der Waals surface area contributed by atoms with E-state index in [9.17, 15) is 0 Å². The van der Waals surface area contributed by atoms with Gasteiger partial charge in [0, 0.05) is 0 Å². The summed E-state index contributed by atoms with van der Waals surface area (Å²) in [7, 11) is 0. The molecule has 1 fully saturated rings. The van der Waals surface area contributed by atoms with Gasteiger partial charge in [-0.2, -0.15) is 0 Å². The molecule has 0 saturated heterocycles. The van der Waals surface area contributed by atoms with Gasteiger partial charge in [0.25, 0.3) is 0 Å². The summed E-state index contributed by atoms with van der Waals surface area (Å²) < 4.78 is 0. The highest BCUT2D eigenvalue weighted by Gasteiger charge is 2.25. The molecular formula is C13H18. The molecule has 0 aliphatic heterocycles. The summed E-state index contributed by atoms with van der Waals surface area (Å²) in [6.45, 7) is 2.40. The van der Waals surface area contributed by atoms with Gasteiger partial charge in [0.1, 0.15) is 0 Å². The van der Waals surface area contributed by atoms with Crippen molar-refractivity contribution in [3.05, 3.63) is 36.0 Å². The van der Waals surface area contributed by atoms with E-state index in [1.807, 2.05) is 0 Å². The monoisotopic (exact) mass is 174 g/mol. The smallest absolute Gasteiger partial charge is 0.0130 e. The average Bonchev–Trinajstić information content (AvgIpc) is 2.43. The van der Waals surface area contributed by atoms with Crippen LogP contribution in [0.1, 0.15) is 32.6 Å². The topological polar surface area (TPSA) is 0 Å². The Morgan fingerprint density at radius 1 is 1.15 bits per heavy atom. The predicted molar refractivity (Wildman–Crippen MR) is 57.5 cm³/mol. The first-order valence-electron chi connectivity index (χ1n) is 5.40. The summed E-state index contributed by atoms with van der Waals surface area (Å²) in [6, 6.07) is 0. The predicted octanol–water partition coefficient (Wildman–Crippen LogP) is 3.87. The maximum Gasteiger partial charge on any atom is -0.0130 e. The molecule has 70 valence electrons. The first kappa shape index (κ1) is 8.80. The summed E-state index contributed by atoms with van der Waals surface area (Å²) in [5, 5.41) is 0. The van der Waals surface area contributed by atoms with E-state index >= 15 is 0 Å². The normalized spacial score (nSPS) is 33.2.